The van der Waals surface area contributed by atoms with E-state index in [1.807, 2.05) is 12.1 Å². The van der Waals surface area contributed by atoms with Crippen LogP contribution in [0.3, 0.4) is 0 Å². The summed E-state index contributed by atoms with van der Waals surface area (Å²) in [6.45, 7) is 4.38. The molecular formula is C12H16ClNO. The molecule has 15 heavy (non-hydrogen) atoms. The molecule has 1 aromatic rings. The second-order valence-electron chi connectivity index (χ2n) is 4.34. The summed E-state index contributed by atoms with van der Waals surface area (Å²) in [4.78, 5) is 0. The van der Waals surface area contributed by atoms with Crippen LogP contribution in [0, 0.1) is 0 Å². The summed E-state index contributed by atoms with van der Waals surface area (Å²) in [6.07, 6.45) is 1.16. The maximum Gasteiger partial charge on any atom is 0.137 e. The number of hydrogen-bond donors (Lipinski definition) is 1. The Kier molecular flexibility index (Phi) is 2.89. The molecule has 0 bridgehead atoms. The lowest BCUT2D eigenvalue weighted by molar-refractivity contribution is 0.414. The Morgan fingerprint density at radius 1 is 1.47 bits per heavy atom. The van der Waals surface area contributed by atoms with Gasteiger partial charge in [-0.05, 0) is 30.7 Å². The number of nitrogens with one attached hydrogen (secondary N) is 1. The molecule has 0 radical (unpaired) electrons. The first kappa shape index (κ1) is 10.8. The van der Waals surface area contributed by atoms with E-state index < -0.39 is 0 Å². The van der Waals surface area contributed by atoms with Crippen molar-refractivity contribution in [2.45, 2.75) is 18.8 Å². The molecule has 1 aromatic carbocycles. The van der Waals surface area contributed by atoms with E-state index in [9.17, 15) is 0 Å². The normalized spacial score (nSPS) is 25.5. The molecule has 1 N–H and O–H groups in total. The Morgan fingerprint density at radius 3 is 2.80 bits per heavy atom. The molecule has 1 aliphatic rings. The summed E-state index contributed by atoms with van der Waals surface area (Å²) in [5.74, 6) is 0.745. The van der Waals surface area contributed by atoms with Gasteiger partial charge in [-0.2, -0.15) is 0 Å². The van der Waals surface area contributed by atoms with Gasteiger partial charge < -0.3 is 10.1 Å². The van der Waals surface area contributed by atoms with Crippen molar-refractivity contribution < 1.29 is 4.74 Å². The molecule has 1 aliphatic heterocycles. The van der Waals surface area contributed by atoms with Gasteiger partial charge in [0.05, 0.1) is 12.1 Å². The largest absolute Gasteiger partial charge is 0.495 e. The Labute approximate surface area is 95.6 Å². The van der Waals surface area contributed by atoms with Gasteiger partial charge in [0, 0.05) is 12.0 Å². The van der Waals surface area contributed by atoms with Crippen LogP contribution in [0.5, 0.6) is 5.75 Å². The van der Waals surface area contributed by atoms with Crippen molar-refractivity contribution in [3.8, 4) is 5.75 Å². The van der Waals surface area contributed by atoms with Crippen LogP contribution in [0.15, 0.2) is 18.2 Å². The lowest BCUT2D eigenvalue weighted by Gasteiger charge is -2.23. The Bertz CT molecular complexity index is 359. The summed E-state index contributed by atoms with van der Waals surface area (Å²) in [5.41, 5.74) is 1.51. The number of rotatable bonds is 2. The maximum absolute atomic E-state index is 6.12. The third-order valence-corrected chi connectivity index (χ3v) is 3.51. The van der Waals surface area contributed by atoms with Gasteiger partial charge in [0.2, 0.25) is 0 Å². The topological polar surface area (TPSA) is 21.3 Å². The van der Waals surface area contributed by atoms with E-state index in [1.54, 1.807) is 7.11 Å². The highest BCUT2D eigenvalue weighted by Crippen LogP contribution is 2.34. The summed E-state index contributed by atoms with van der Waals surface area (Å²) >= 11 is 6.12. The van der Waals surface area contributed by atoms with Crippen molar-refractivity contribution in [3.63, 3.8) is 0 Å². The summed E-state index contributed by atoms with van der Waals surface area (Å²) in [7, 11) is 1.64. The van der Waals surface area contributed by atoms with Gasteiger partial charge in [0.1, 0.15) is 5.75 Å². The minimum atomic E-state index is 0.218. The van der Waals surface area contributed by atoms with Crippen LogP contribution >= 0.6 is 11.6 Å². The Morgan fingerprint density at radius 2 is 2.27 bits per heavy atom. The zero-order valence-electron chi connectivity index (χ0n) is 9.14. The van der Waals surface area contributed by atoms with Crippen LogP contribution in [-0.2, 0) is 5.41 Å². The zero-order chi connectivity index (χ0) is 10.9. The van der Waals surface area contributed by atoms with E-state index >= 15 is 0 Å². The number of methoxy groups -OCH3 is 1. The summed E-state index contributed by atoms with van der Waals surface area (Å²) in [5, 5.41) is 4.08. The lowest BCUT2D eigenvalue weighted by atomic mass is 9.82. The van der Waals surface area contributed by atoms with Crippen molar-refractivity contribution in [1.82, 2.24) is 5.32 Å². The first-order valence-corrected chi connectivity index (χ1v) is 5.58. The minimum Gasteiger partial charge on any atom is -0.495 e. The van der Waals surface area contributed by atoms with E-state index in [2.05, 4.69) is 18.3 Å². The third-order valence-electron chi connectivity index (χ3n) is 3.22. The average molecular weight is 226 g/mol. The summed E-state index contributed by atoms with van der Waals surface area (Å²) < 4.78 is 5.15. The first-order valence-electron chi connectivity index (χ1n) is 5.20. The fourth-order valence-corrected chi connectivity index (χ4v) is 2.36. The molecule has 0 spiro atoms. The highest BCUT2D eigenvalue weighted by molar-refractivity contribution is 6.32. The molecule has 1 unspecified atom stereocenters. The molecule has 2 nitrogen and oxygen atoms in total. The molecule has 1 heterocycles. The Hall–Kier alpha value is -0.730. The van der Waals surface area contributed by atoms with Crippen LogP contribution in [0.2, 0.25) is 5.02 Å². The summed E-state index contributed by atoms with van der Waals surface area (Å²) in [6, 6.07) is 6.08. The van der Waals surface area contributed by atoms with E-state index in [0.717, 1.165) is 25.3 Å². The van der Waals surface area contributed by atoms with Crippen LogP contribution in [0.1, 0.15) is 18.9 Å². The number of hydrogen-bond acceptors (Lipinski definition) is 2. The molecule has 82 valence electrons. The number of halogens is 1. The predicted octanol–water partition coefficient (Wildman–Crippen LogP) is 2.60. The fourth-order valence-electron chi connectivity index (χ4n) is 2.11. The van der Waals surface area contributed by atoms with Crippen molar-refractivity contribution in [2.75, 3.05) is 20.2 Å². The van der Waals surface area contributed by atoms with Crippen molar-refractivity contribution in [1.29, 1.82) is 0 Å². The van der Waals surface area contributed by atoms with Gasteiger partial charge in [-0.25, -0.2) is 0 Å². The van der Waals surface area contributed by atoms with Gasteiger partial charge in [-0.1, -0.05) is 24.6 Å². The molecule has 0 amide bonds. The molecule has 0 aliphatic carbocycles. The molecule has 1 fully saturated rings. The van der Waals surface area contributed by atoms with E-state index in [-0.39, 0.29) is 5.41 Å². The SMILES string of the molecule is COc1ccc(C2(C)CCNC2)cc1Cl. The highest BCUT2D eigenvalue weighted by Gasteiger charge is 2.30. The number of benzene rings is 1. The fraction of sp³-hybridized carbons (Fsp3) is 0.500. The van der Waals surface area contributed by atoms with E-state index in [0.29, 0.717) is 5.02 Å². The molecule has 0 saturated carbocycles. The molecule has 1 atom stereocenters. The van der Waals surface area contributed by atoms with Gasteiger partial charge in [-0.3, -0.25) is 0 Å². The van der Waals surface area contributed by atoms with Crippen LogP contribution in [0.4, 0.5) is 0 Å². The van der Waals surface area contributed by atoms with Crippen molar-refractivity contribution >= 4 is 11.6 Å². The van der Waals surface area contributed by atoms with Crippen LogP contribution in [0.25, 0.3) is 0 Å². The second kappa shape index (κ2) is 4.03. The quantitative estimate of drug-likeness (QED) is 0.836. The van der Waals surface area contributed by atoms with E-state index in [1.165, 1.54) is 5.56 Å². The standard InChI is InChI=1S/C12H16ClNO/c1-12(5-6-14-8-12)9-3-4-11(15-2)10(13)7-9/h3-4,7,14H,5-6,8H2,1-2H3. The third kappa shape index (κ3) is 1.97. The van der Waals surface area contributed by atoms with Gasteiger partial charge in [0.25, 0.3) is 0 Å². The average Bonchev–Trinajstić information content (AvgIpc) is 2.66. The first-order chi connectivity index (χ1) is 7.15. The number of ether oxygens (including phenoxy) is 1. The molecule has 0 aromatic heterocycles. The molecular weight excluding hydrogens is 210 g/mol. The van der Waals surface area contributed by atoms with E-state index in [4.69, 9.17) is 16.3 Å². The van der Waals surface area contributed by atoms with Crippen LogP contribution in [-0.4, -0.2) is 20.2 Å². The molecule has 1 saturated heterocycles. The van der Waals surface area contributed by atoms with Crippen LogP contribution < -0.4 is 10.1 Å². The smallest absolute Gasteiger partial charge is 0.137 e. The van der Waals surface area contributed by atoms with Crippen molar-refractivity contribution in [2.24, 2.45) is 0 Å². The van der Waals surface area contributed by atoms with Gasteiger partial charge in [-0.15, -0.1) is 0 Å². The molecule has 2 rings (SSSR count). The van der Waals surface area contributed by atoms with Crippen molar-refractivity contribution in [3.05, 3.63) is 28.8 Å². The zero-order valence-corrected chi connectivity index (χ0v) is 9.90. The predicted molar refractivity (Wildman–Crippen MR) is 62.8 cm³/mol. The Balaban J connectivity index is 2.33. The molecule has 3 heteroatoms. The second-order valence-corrected chi connectivity index (χ2v) is 4.74. The monoisotopic (exact) mass is 225 g/mol. The maximum atomic E-state index is 6.12. The van der Waals surface area contributed by atoms with Gasteiger partial charge >= 0.3 is 0 Å². The highest BCUT2D eigenvalue weighted by atomic mass is 35.5. The lowest BCUT2D eigenvalue weighted by Crippen LogP contribution is -2.24. The minimum absolute atomic E-state index is 0.218. The van der Waals surface area contributed by atoms with Gasteiger partial charge in [0.15, 0.2) is 0 Å².